The summed E-state index contributed by atoms with van der Waals surface area (Å²) in [5.41, 5.74) is 0. The molecule has 0 aromatic heterocycles. The predicted molar refractivity (Wildman–Crippen MR) is 47.6 cm³/mol. The molecule has 0 fully saturated rings. The van der Waals surface area contributed by atoms with Crippen molar-refractivity contribution in [2.45, 2.75) is 31.8 Å². The van der Waals surface area contributed by atoms with Gasteiger partial charge in [-0.05, 0) is 24.2 Å². The molecule has 2 unspecified atom stereocenters. The van der Waals surface area contributed by atoms with Gasteiger partial charge in [-0.15, -0.1) is 18.5 Å². The average molecular weight is 150 g/mol. The van der Waals surface area contributed by atoms with Crippen molar-refractivity contribution >= 4 is 18.5 Å². The van der Waals surface area contributed by atoms with E-state index in [0.29, 0.717) is 5.16 Å². The predicted octanol–water partition coefficient (Wildman–Crippen LogP) is 2.30. The van der Waals surface area contributed by atoms with Crippen LogP contribution in [0.15, 0.2) is 0 Å². The van der Waals surface area contributed by atoms with E-state index in [9.17, 15) is 0 Å². The third kappa shape index (κ3) is 2.42. The standard InChI is InChI=1S/C6H16P2/c1-3-6(8,4-2)5-7/h3-5,7-8H2,1-2H3. The van der Waals surface area contributed by atoms with Gasteiger partial charge in [0, 0.05) is 0 Å². The SMILES string of the molecule is CCC(P)(CC)CP. The fourth-order valence-electron chi connectivity index (χ4n) is 0.539. The summed E-state index contributed by atoms with van der Waals surface area (Å²) in [6, 6.07) is 0. The molecule has 0 saturated carbocycles. The molecule has 0 rings (SSSR count). The zero-order chi connectivity index (χ0) is 6.62. The molecule has 0 aliphatic carbocycles. The van der Waals surface area contributed by atoms with Crippen LogP contribution in [-0.2, 0) is 0 Å². The van der Waals surface area contributed by atoms with Crippen molar-refractivity contribution in [3.8, 4) is 0 Å². The van der Waals surface area contributed by atoms with Gasteiger partial charge in [0.2, 0.25) is 0 Å². The summed E-state index contributed by atoms with van der Waals surface area (Å²) in [7, 11) is 5.72. The highest BCUT2D eigenvalue weighted by molar-refractivity contribution is 7.23. The molecule has 0 radical (unpaired) electrons. The highest BCUT2D eigenvalue weighted by Gasteiger charge is 2.15. The van der Waals surface area contributed by atoms with Crippen molar-refractivity contribution in [3.63, 3.8) is 0 Å². The van der Waals surface area contributed by atoms with Gasteiger partial charge in [0.25, 0.3) is 0 Å². The molecule has 0 nitrogen and oxygen atoms in total. The van der Waals surface area contributed by atoms with Crippen LogP contribution < -0.4 is 0 Å². The molecule has 0 aromatic carbocycles. The van der Waals surface area contributed by atoms with Gasteiger partial charge in [-0.3, -0.25) is 0 Å². The Balaban J connectivity index is 3.58. The van der Waals surface area contributed by atoms with Gasteiger partial charge in [0.1, 0.15) is 0 Å². The second-order valence-corrected chi connectivity index (χ2v) is 3.91. The highest BCUT2D eigenvalue weighted by atomic mass is 31.0. The normalized spacial score (nSPS) is 12.0. The minimum Gasteiger partial charge on any atom is -0.137 e. The van der Waals surface area contributed by atoms with Crippen LogP contribution in [0.4, 0.5) is 0 Å². The molecule has 2 atom stereocenters. The summed E-state index contributed by atoms with van der Waals surface area (Å²) in [6.07, 6.45) is 3.72. The van der Waals surface area contributed by atoms with Crippen molar-refractivity contribution in [3.05, 3.63) is 0 Å². The van der Waals surface area contributed by atoms with Crippen molar-refractivity contribution in [2.24, 2.45) is 0 Å². The van der Waals surface area contributed by atoms with Crippen LogP contribution in [0.3, 0.4) is 0 Å². The molecule has 0 spiro atoms. The van der Waals surface area contributed by atoms with E-state index in [4.69, 9.17) is 0 Å². The molecule has 0 saturated heterocycles. The first-order valence-corrected chi connectivity index (χ1v) is 4.57. The summed E-state index contributed by atoms with van der Waals surface area (Å²) < 4.78 is 0. The van der Waals surface area contributed by atoms with Crippen LogP contribution in [0.1, 0.15) is 26.7 Å². The Morgan fingerprint density at radius 2 is 1.62 bits per heavy atom. The largest absolute Gasteiger partial charge is 0.137 e. The Kier molecular flexibility index (Phi) is 4.21. The molecule has 0 amide bonds. The van der Waals surface area contributed by atoms with E-state index < -0.39 is 0 Å². The lowest BCUT2D eigenvalue weighted by molar-refractivity contribution is 0.609. The molecule has 50 valence electrons. The fourth-order valence-corrected chi connectivity index (χ4v) is 1.12. The molecular weight excluding hydrogens is 134 g/mol. The van der Waals surface area contributed by atoms with Crippen LogP contribution in [-0.4, -0.2) is 11.3 Å². The maximum absolute atomic E-state index is 2.92. The first-order chi connectivity index (χ1) is 3.68. The number of hydrogen-bond acceptors (Lipinski definition) is 0. The second kappa shape index (κ2) is 3.80. The summed E-state index contributed by atoms with van der Waals surface area (Å²) in [4.78, 5) is 0. The molecule has 0 N–H and O–H groups in total. The Morgan fingerprint density at radius 3 is 1.62 bits per heavy atom. The summed E-state index contributed by atoms with van der Waals surface area (Å²) in [5.74, 6) is 0. The number of rotatable bonds is 3. The lowest BCUT2D eigenvalue weighted by Gasteiger charge is -2.23. The average Bonchev–Trinajstić information content (AvgIpc) is 1.87. The van der Waals surface area contributed by atoms with Crippen molar-refractivity contribution < 1.29 is 0 Å². The maximum Gasteiger partial charge on any atom is -0.0121 e. The quantitative estimate of drug-likeness (QED) is 0.541. The summed E-state index contributed by atoms with van der Waals surface area (Å²) >= 11 is 0. The van der Waals surface area contributed by atoms with Gasteiger partial charge >= 0.3 is 0 Å². The highest BCUT2D eigenvalue weighted by Crippen LogP contribution is 2.28. The lowest BCUT2D eigenvalue weighted by atomic mass is 10.1. The lowest BCUT2D eigenvalue weighted by Crippen LogP contribution is -2.19. The van der Waals surface area contributed by atoms with Gasteiger partial charge < -0.3 is 0 Å². The Labute approximate surface area is 57.2 Å². The third-order valence-corrected chi connectivity index (χ3v) is 4.15. The van der Waals surface area contributed by atoms with E-state index in [1.165, 1.54) is 19.0 Å². The van der Waals surface area contributed by atoms with Crippen LogP contribution in [0.2, 0.25) is 0 Å². The van der Waals surface area contributed by atoms with E-state index in [2.05, 4.69) is 32.3 Å². The molecule has 8 heavy (non-hydrogen) atoms. The summed E-state index contributed by atoms with van der Waals surface area (Å²) in [5, 5.41) is 0.505. The monoisotopic (exact) mass is 150 g/mol. The molecule has 0 bridgehead atoms. The van der Waals surface area contributed by atoms with Gasteiger partial charge in [0.05, 0.1) is 0 Å². The smallest absolute Gasteiger partial charge is 0.0121 e. The Hall–Kier alpha value is 0.860. The molecule has 0 heterocycles. The zero-order valence-electron chi connectivity index (χ0n) is 5.78. The minimum atomic E-state index is 0.505. The van der Waals surface area contributed by atoms with Crippen LogP contribution in [0.25, 0.3) is 0 Å². The van der Waals surface area contributed by atoms with E-state index in [-0.39, 0.29) is 0 Å². The van der Waals surface area contributed by atoms with E-state index in [1.807, 2.05) is 0 Å². The van der Waals surface area contributed by atoms with E-state index in [1.54, 1.807) is 0 Å². The maximum atomic E-state index is 2.92. The van der Waals surface area contributed by atoms with Gasteiger partial charge in [-0.1, -0.05) is 13.8 Å². The first-order valence-electron chi connectivity index (χ1n) is 3.17. The van der Waals surface area contributed by atoms with Crippen molar-refractivity contribution in [2.75, 3.05) is 6.16 Å². The minimum absolute atomic E-state index is 0.505. The van der Waals surface area contributed by atoms with Crippen LogP contribution >= 0.6 is 18.5 Å². The summed E-state index contributed by atoms with van der Waals surface area (Å²) in [6.45, 7) is 4.47. The van der Waals surface area contributed by atoms with Crippen LogP contribution in [0, 0.1) is 0 Å². The zero-order valence-corrected chi connectivity index (χ0v) is 8.09. The second-order valence-electron chi connectivity index (χ2n) is 2.27. The topological polar surface area (TPSA) is 0 Å². The van der Waals surface area contributed by atoms with Gasteiger partial charge in [-0.2, -0.15) is 0 Å². The van der Waals surface area contributed by atoms with Gasteiger partial charge in [-0.25, -0.2) is 0 Å². The molecule has 0 aliphatic rings. The molecular formula is C6H16P2. The first kappa shape index (κ1) is 8.86. The van der Waals surface area contributed by atoms with Crippen molar-refractivity contribution in [1.29, 1.82) is 0 Å². The fraction of sp³-hybridized carbons (Fsp3) is 1.00. The molecule has 0 aromatic rings. The van der Waals surface area contributed by atoms with Crippen molar-refractivity contribution in [1.82, 2.24) is 0 Å². The molecule has 0 aliphatic heterocycles. The Bertz CT molecular complexity index is 49.3. The molecule has 2 heteroatoms. The van der Waals surface area contributed by atoms with E-state index >= 15 is 0 Å². The van der Waals surface area contributed by atoms with Crippen LogP contribution in [0.5, 0.6) is 0 Å². The van der Waals surface area contributed by atoms with E-state index in [0.717, 1.165) is 0 Å². The van der Waals surface area contributed by atoms with Gasteiger partial charge in [0.15, 0.2) is 0 Å². The Morgan fingerprint density at radius 1 is 1.25 bits per heavy atom. The third-order valence-electron chi connectivity index (χ3n) is 1.81. The number of hydrogen-bond donors (Lipinski definition) is 0.